The highest BCUT2D eigenvalue weighted by Crippen LogP contribution is 2.25. The third-order valence-electron chi connectivity index (χ3n) is 2.68. The van der Waals surface area contributed by atoms with Gasteiger partial charge in [0.15, 0.2) is 6.29 Å². The molecule has 0 radical (unpaired) electrons. The summed E-state index contributed by atoms with van der Waals surface area (Å²) in [5.41, 5.74) is 0. The van der Waals surface area contributed by atoms with E-state index < -0.39 is 22.1 Å². The van der Waals surface area contributed by atoms with Gasteiger partial charge < -0.3 is 9.47 Å². The molecule has 106 valence electrons. The standard InChI is InChI=1S/C11H13ClFNO4S/c1-14(7-11-17-4-5-18-11)19(15,16)10-3-2-8(13)6-9(10)12/h2-3,6,11H,4-5,7H2,1H3. The lowest BCUT2D eigenvalue weighted by Crippen LogP contribution is -2.35. The van der Waals surface area contributed by atoms with E-state index in [2.05, 4.69) is 0 Å². The second-order valence-corrected chi connectivity index (χ2v) is 6.45. The fourth-order valence-electron chi connectivity index (χ4n) is 1.67. The van der Waals surface area contributed by atoms with Crippen molar-refractivity contribution in [3.63, 3.8) is 0 Å². The molecule has 0 unspecified atom stereocenters. The van der Waals surface area contributed by atoms with Crippen LogP contribution in [0.1, 0.15) is 0 Å². The lowest BCUT2D eigenvalue weighted by Gasteiger charge is -2.20. The third-order valence-corrected chi connectivity index (χ3v) is 4.99. The molecule has 1 saturated heterocycles. The summed E-state index contributed by atoms with van der Waals surface area (Å²) in [5.74, 6) is -0.589. The highest BCUT2D eigenvalue weighted by Gasteiger charge is 2.28. The van der Waals surface area contributed by atoms with Crippen LogP contribution in [0.2, 0.25) is 5.02 Å². The Labute approximate surface area is 115 Å². The van der Waals surface area contributed by atoms with Crippen molar-refractivity contribution in [2.45, 2.75) is 11.2 Å². The van der Waals surface area contributed by atoms with Crippen LogP contribution in [-0.2, 0) is 19.5 Å². The second-order valence-electron chi connectivity index (χ2n) is 4.03. The van der Waals surface area contributed by atoms with E-state index in [9.17, 15) is 12.8 Å². The molecule has 0 aromatic heterocycles. The van der Waals surface area contributed by atoms with Gasteiger partial charge >= 0.3 is 0 Å². The van der Waals surface area contributed by atoms with Crippen molar-refractivity contribution >= 4 is 21.6 Å². The van der Waals surface area contributed by atoms with Crippen LogP contribution in [-0.4, -0.2) is 45.8 Å². The van der Waals surface area contributed by atoms with Gasteiger partial charge in [-0.1, -0.05) is 11.6 Å². The number of ether oxygens (including phenoxy) is 2. The highest BCUT2D eigenvalue weighted by molar-refractivity contribution is 7.89. The number of benzene rings is 1. The van der Waals surface area contributed by atoms with Crippen LogP contribution in [0.25, 0.3) is 0 Å². The van der Waals surface area contributed by atoms with Crippen molar-refractivity contribution in [3.8, 4) is 0 Å². The number of sulfonamides is 1. The van der Waals surface area contributed by atoms with Crippen molar-refractivity contribution in [2.75, 3.05) is 26.8 Å². The summed E-state index contributed by atoms with van der Waals surface area (Å²) >= 11 is 5.77. The number of halogens is 2. The highest BCUT2D eigenvalue weighted by atomic mass is 35.5. The van der Waals surface area contributed by atoms with Crippen molar-refractivity contribution in [3.05, 3.63) is 29.0 Å². The maximum atomic E-state index is 12.9. The first-order valence-electron chi connectivity index (χ1n) is 5.56. The molecule has 19 heavy (non-hydrogen) atoms. The molecule has 0 bridgehead atoms. The third kappa shape index (κ3) is 3.24. The zero-order valence-corrected chi connectivity index (χ0v) is 11.7. The Morgan fingerprint density at radius 2 is 2.05 bits per heavy atom. The number of hydrogen-bond donors (Lipinski definition) is 0. The summed E-state index contributed by atoms with van der Waals surface area (Å²) in [6.45, 7) is 0.932. The van der Waals surface area contributed by atoms with Crippen LogP contribution in [0.5, 0.6) is 0 Å². The Hall–Kier alpha value is -0.730. The first kappa shape index (κ1) is 14.7. The Bertz CT molecular complexity index is 560. The van der Waals surface area contributed by atoms with Gasteiger partial charge in [0.1, 0.15) is 10.7 Å². The summed E-state index contributed by atoms with van der Waals surface area (Å²) < 4.78 is 48.9. The quantitative estimate of drug-likeness (QED) is 0.845. The van der Waals surface area contributed by atoms with E-state index in [1.165, 1.54) is 7.05 Å². The predicted molar refractivity (Wildman–Crippen MR) is 66.9 cm³/mol. The molecule has 0 aliphatic carbocycles. The van der Waals surface area contributed by atoms with Crippen LogP contribution in [0.15, 0.2) is 23.1 Å². The summed E-state index contributed by atoms with van der Waals surface area (Å²) in [6.07, 6.45) is -0.584. The molecule has 0 saturated carbocycles. The van der Waals surface area contributed by atoms with E-state index in [0.717, 1.165) is 22.5 Å². The minimum Gasteiger partial charge on any atom is -0.349 e. The maximum absolute atomic E-state index is 12.9. The summed E-state index contributed by atoms with van der Waals surface area (Å²) in [5, 5.41) is -0.153. The Kier molecular flexibility index (Phi) is 4.42. The fourth-order valence-corrected chi connectivity index (χ4v) is 3.33. The largest absolute Gasteiger partial charge is 0.349 e. The molecule has 1 aliphatic heterocycles. The molecule has 0 spiro atoms. The Morgan fingerprint density at radius 3 is 2.63 bits per heavy atom. The maximum Gasteiger partial charge on any atom is 0.244 e. The van der Waals surface area contributed by atoms with Gasteiger partial charge in [0.05, 0.1) is 24.8 Å². The summed E-state index contributed by atoms with van der Waals surface area (Å²) in [4.78, 5) is -0.143. The number of nitrogens with zero attached hydrogens (tertiary/aromatic N) is 1. The molecule has 1 fully saturated rings. The van der Waals surface area contributed by atoms with E-state index >= 15 is 0 Å². The average Bonchev–Trinajstić information content (AvgIpc) is 2.81. The molecule has 1 aromatic carbocycles. The van der Waals surface area contributed by atoms with E-state index in [1.54, 1.807) is 0 Å². The van der Waals surface area contributed by atoms with Crippen LogP contribution in [0.4, 0.5) is 4.39 Å². The van der Waals surface area contributed by atoms with Crippen molar-refractivity contribution in [2.24, 2.45) is 0 Å². The van der Waals surface area contributed by atoms with Gasteiger partial charge in [-0.05, 0) is 18.2 Å². The van der Waals surface area contributed by atoms with Gasteiger partial charge in [0.2, 0.25) is 10.0 Å². The van der Waals surface area contributed by atoms with Gasteiger partial charge in [0.25, 0.3) is 0 Å². The van der Waals surface area contributed by atoms with Crippen molar-refractivity contribution in [1.29, 1.82) is 0 Å². The normalized spacial score (nSPS) is 17.3. The van der Waals surface area contributed by atoms with Crippen molar-refractivity contribution in [1.82, 2.24) is 4.31 Å². The molecule has 1 aromatic rings. The Morgan fingerprint density at radius 1 is 1.42 bits per heavy atom. The Balaban J connectivity index is 2.20. The van der Waals surface area contributed by atoms with Crippen LogP contribution < -0.4 is 0 Å². The molecule has 0 atom stereocenters. The minimum absolute atomic E-state index is 0.0516. The topological polar surface area (TPSA) is 55.8 Å². The molecule has 8 heteroatoms. The van der Waals surface area contributed by atoms with Gasteiger partial charge in [-0.2, -0.15) is 4.31 Å². The smallest absolute Gasteiger partial charge is 0.244 e. The molecule has 1 heterocycles. The SMILES string of the molecule is CN(CC1OCCO1)S(=O)(=O)c1ccc(F)cc1Cl. The van der Waals surface area contributed by atoms with E-state index in [4.69, 9.17) is 21.1 Å². The first-order chi connectivity index (χ1) is 8.91. The van der Waals surface area contributed by atoms with E-state index in [1.807, 2.05) is 0 Å². The van der Waals surface area contributed by atoms with Gasteiger partial charge in [-0.25, -0.2) is 12.8 Å². The molecule has 1 aliphatic rings. The lowest BCUT2D eigenvalue weighted by atomic mass is 10.3. The number of likely N-dealkylation sites (N-methyl/N-ethyl adjacent to an activating group) is 1. The van der Waals surface area contributed by atoms with Crippen LogP contribution >= 0.6 is 11.6 Å². The number of hydrogen-bond acceptors (Lipinski definition) is 4. The molecule has 0 amide bonds. The minimum atomic E-state index is -3.80. The second kappa shape index (κ2) is 5.72. The van der Waals surface area contributed by atoms with Gasteiger partial charge in [0, 0.05) is 7.05 Å². The lowest BCUT2D eigenvalue weighted by molar-refractivity contribution is -0.0482. The van der Waals surface area contributed by atoms with Crippen LogP contribution in [0.3, 0.4) is 0 Å². The number of rotatable bonds is 4. The summed E-state index contributed by atoms with van der Waals surface area (Å²) in [6, 6.07) is 3.15. The zero-order chi connectivity index (χ0) is 14.0. The van der Waals surface area contributed by atoms with Gasteiger partial charge in [-0.15, -0.1) is 0 Å². The van der Waals surface area contributed by atoms with Gasteiger partial charge in [-0.3, -0.25) is 0 Å². The van der Waals surface area contributed by atoms with Crippen molar-refractivity contribution < 1.29 is 22.3 Å². The van der Waals surface area contributed by atoms with E-state index in [0.29, 0.717) is 13.2 Å². The molecular weight excluding hydrogens is 297 g/mol. The zero-order valence-electron chi connectivity index (χ0n) is 10.2. The molecular formula is C11H13ClFNO4S. The molecule has 2 rings (SSSR count). The van der Waals surface area contributed by atoms with E-state index in [-0.39, 0.29) is 16.5 Å². The molecule has 5 nitrogen and oxygen atoms in total. The summed E-state index contributed by atoms with van der Waals surface area (Å²) in [7, 11) is -2.41. The molecule has 0 N–H and O–H groups in total. The monoisotopic (exact) mass is 309 g/mol. The first-order valence-corrected chi connectivity index (χ1v) is 7.37. The average molecular weight is 310 g/mol. The fraction of sp³-hybridized carbons (Fsp3) is 0.455. The predicted octanol–water partition coefficient (Wildman–Crippen LogP) is 1.47. The van der Waals surface area contributed by atoms with Crippen LogP contribution in [0, 0.1) is 5.82 Å².